The zero-order valence-electron chi connectivity index (χ0n) is 14.5. The first-order valence-corrected chi connectivity index (χ1v) is 8.08. The summed E-state index contributed by atoms with van der Waals surface area (Å²) in [5, 5.41) is 0. The van der Waals surface area contributed by atoms with Gasteiger partial charge in [-0.1, -0.05) is 6.07 Å². The molecule has 2 aromatic carbocycles. The maximum atomic E-state index is 12.2. The summed E-state index contributed by atoms with van der Waals surface area (Å²) in [4.78, 5) is 28.2. The molecule has 136 valence electrons. The van der Waals surface area contributed by atoms with Crippen molar-refractivity contribution in [2.75, 3.05) is 7.11 Å². The second-order valence-electron chi connectivity index (χ2n) is 5.46. The molecule has 0 spiro atoms. The molecule has 0 bridgehead atoms. The molecule has 0 aliphatic heterocycles. The van der Waals surface area contributed by atoms with Crippen LogP contribution in [0.1, 0.15) is 20.7 Å². The number of carbonyl (C=O) groups excluding carboxylic acids is 2. The van der Waals surface area contributed by atoms with E-state index in [1.807, 2.05) is 0 Å². The Morgan fingerprint density at radius 1 is 0.815 bits per heavy atom. The number of aromatic nitrogens is 1. The minimum atomic E-state index is -0.446. The molecule has 7 nitrogen and oxygen atoms in total. The fraction of sp³-hybridized carbons (Fsp3) is 0.0500. The quantitative estimate of drug-likeness (QED) is 0.680. The Kier molecular flexibility index (Phi) is 5.64. The number of rotatable bonds is 5. The first-order chi connectivity index (χ1) is 13.2. The van der Waals surface area contributed by atoms with Crippen LogP contribution in [-0.2, 0) is 0 Å². The average Bonchev–Trinajstić information content (AvgIpc) is 2.73. The van der Waals surface area contributed by atoms with E-state index < -0.39 is 11.8 Å². The lowest BCUT2D eigenvalue weighted by atomic mass is 10.2. The van der Waals surface area contributed by atoms with Crippen molar-refractivity contribution in [1.29, 1.82) is 0 Å². The molecule has 0 unspecified atom stereocenters. The largest absolute Gasteiger partial charge is 0.497 e. The van der Waals surface area contributed by atoms with E-state index in [0.29, 0.717) is 28.4 Å². The Morgan fingerprint density at radius 2 is 1.52 bits per heavy atom. The van der Waals surface area contributed by atoms with Crippen molar-refractivity contribution in [2.45, 2.75) is 0 Å². The summed E-state index contributed by atoms with van der Waals surface area (Å²) in [6.45, 7) is 0. The zero-order chi connectivity index (χ0) is 19.1. The normalized spacial score (nSPS) is 9.96. The van der Waals surface area contributed by atoms with Crippen LogP contribution < -0.4 is 20.3 Å². The van der Waals surface area contributed by atoms with E-state index in [0.717, 1.165) is 0 Å². The highest BCUT2D eigenvalue weighted by atomic mass is 16.5. The number of benzene rings is 2. The van der Waals surface area contributed by atoms with Gasteiger partial charge in [0.25, 0.3) is 11.8 Å². The Hall–Kier alpha value is -3.87. The summed E-state index contributed by atoms with van der Waals surface area (Å²) in [5.41, 5.74) is 5.49. The van der Waals surface area contributed by atoms with E-state index in [1.165, 1.54) is 7.11 Å². The first kappa shape index (κ1) is 17.9. The summed E-state index contributed by atoms with van der Waals surface area (Å²) >= 11 is 0. The minimum Gasteiger partial charge on any atom is -0.497 e. The molecule has 0 aliphatic rings. The van der Waals surface area contributed by atoms with Gasteiger partial charge in [0.15, 0.2) is 0 Å². The molecule has 0 atom stereocenters. The predicted molar refractivity (Wildman–Crippen MR) is 98.7 cm³/mol. The van der Waals surface area contributed by atoms with Gasteiger partial charge in [-0.2, -0.15) is 0 Å². The summed E-state index contributed by atoms with van der Waals surface area (Å²) in [6.07, 6.45) is 3.24. The summed E-state index contributed by atoms with van der Waals surface area (Å²) in [6, 6.07) is 16.7. The number of methoxy groups -OCH3 is 1. The van der Waals surface area contributed by atoms with E-state index in [4.69, 9.17) is 9.47 Å². The third kappa shape index (κ3) is 4.82. The molecular formula is C20H17N3O4. The van der Waals surface area contributed by atoms with Gasteiger partial charge in [0, 0.05) is 17.3 Å². The van der Waals surface area contributed by atoms with Crippen molar-refractivity contribution >= 4 is 11.8 Å². The first-order valence-electron chi connectivity index (χ1n) is 8.08. The van der Waals surface area contributed by atoms with Crippen LogP contribution in [0.15, 0.2) is 73.1 Å². The van der Waals surface area contributed by atoms with E-state index in [1.54, 1.807) is 73.1 Å². The van der Waals surface area contributed by atoms with Crippen LogP contribution in [0.5, 0.6) is 17.2 Å². The molecule has 7 heteroatoms. The summed E-state index contributed by atoms with van der Waals surface area (Å²) < 4.78 is 10.7. The van der Waals surface area contributed by atoms with Gasteiger partial charge in [-0.3, -0.25) is 25.4 Å². The molecule has 27 heavy (non-hydrogen) atoms. The topological polar surface area (TPSA) is 89.6 Å². The predicted octanol–water partition coefficient (Wildman–Crippen LogP) is 2.96. The number of amides is 2. The standard InChI is InChI=1S/C20H17N3O4/c1-26-17-5-2-4-15(12-17)20(25)23-22-19(24)14-7-9-16(10-8-14)27-18-6-3-11-21-13-18/h2-13H,1H3,(H,22,24)(H,23,25). The molecule has 0 fully saturated rings. The SMILES string of the molecule is COc1cccc(C(=O)NNC(=O)c2ccc(Oc3cccnc3)cc2)c1. The van der Waals surface area contributed by atoms with Gasteiger partial charge in [0.1, 0.15) is 17.2 Å². The Morgan fingerprint density at radius 3 is 2.19 bits per heavy atom. The maximum Gasteiger partial charge on any atom is 0.269 e. The van der Waals surface area contributed by atoms with E-state index in [-0.39, 0.29) is 0 Å². The monoisotopic (exact) mass is 363 g/mol. The number of hydrogen-bond acceptors (Lipinski definition) is 5. The number of nitrogens with zero attached hydrogens (tertiary/aromatic N) is 1. The maximum absolute atomic E-state index is 12.2. The van der Waals surface area contributed by atoms with Crippen molar-refractivity contribution in [3.8, 4) is 17.2 Å². The molecule has 0 radical (unpaired) electrons. The second-order valence-corrected chi connectivity index (χ2v) is 5.46. The number of pyridine rings is 1. The van der Waals surface area contributed by atoms with Crippen LogP contribution in [-0.4, -0.2) is 23.9 Å². The van der Waals surface area contributed by atoms with E-state index >= 15 is 0 Å². The number of hydrazine groups is 1. The van der Waals surface area contributed by atoms with Crippen LogP contribution >= 0.6 is 0 Å². The third-order valence-electron chi connectivity index (χ3n) is 3.61. The van der Waals surface area contributed by atoms with Gasteiger partial charge in [0.05, 0.1) is 13.3 Å². The zero-order valence-corrected chi connectivity index (χ0v) is 14.5. The Balaban J connectivity index is 1.57. The molecule has 0 saturated heterocycles. The van der Waals surface area contributed by atoms with Crippen LogP contribution in [0, 0.1) is 0 Å². The number of nitrogens with one attached hydrogen (secondary N) is 2. The van der Waals surface area contributed by atoms with Gasteiger partial charge in [-0.25, -0.2) is 0 Å². The fourth-order valence-electron chi connectivity index (χ4n) is 2.24. The van der Waals surface area contributed by atoms with Crippen LogP contribution in [0.4, 0.5) is 0 Å². The highest BCUT2D eigenvalue weighted by Crippen LogP contribution is 2.20. The molecule has 3 rings (SSSR count). The smallest absolute Gasteiger partial charge is 0.269 e. The number of hydrogen-bond donors (Lipinski definition) is 2. The van der Waals surface area contributed by atoms with Crippen molar-refractivity contribution in [2.24, 2.45) is 0 Å². The molecule has 0 aliphatic carbocycles. The Bertz CT molecular complexity index is 927. The third-order valence-corrected chi connectivity index (χ3v) is 3.61. The Labute approximate surface area is 155 Å². The molecule has 2 N–H and O–H groups in total. The van der Waals surface area contributed by atoms with Gasteiger partial charge < -0.3 is 9.47 Å². The van der Waals surface area contributed by atoms with E-state index in [9.17, 15) is 9.59 Å². The van der Waals surface area contributed by atoms with Gasteiger partial charge in [0.2, 0.25) is 0 Å². The summed E-state index contributed by atoms with van der Waals surface area (Å²) in [7, 11) is 1.51. The van der Waals surface area contributed by atoms with E-state index in [2.05, 4.69) is 15.8 Å². The van der Waals surface area contributed by atoms with Gasteiger partial charge in [-0.15, -0.1) is 0 Å². The lowest BCUT2D eigenvalue weighted by Gasteiger charge is -2.09. The van der Waals surface area contributed by atoms with Crippen molar-refractivity contribution in [3.63, 3.8) is 0 Å². The van der Waals surface area contributed by atoms with Crippen LogP contribution in [0.2, 0.25) is 0 Å². The molecule has 1 heterocycles. The molecule has 0 saturated carbocycles. The van der Waals surface area contributed by atoms with Crippen LogP contribution in [0.3, 0.4) is 0 Å². The summed E-state index contributed by atoms with van der Waals surface area (Å²) in [5.74, 6) is 0.830. The second kappa shape index (κ2) is 8.48. The minimum absolute atomic E-state index is 0.370. The van der Waals surface area contributed by atoms with Crippen LogP contribution in [0.25, 0.3) is 0 Å². The molecule has 1 aromatic heterocycles. The molecular weight excluding hydrogens is 346 g/mol. The van der Waals surface area contributed by atoms with Crippen molar-refractivity contribution in [1.82, 2.24) is 15.8 Å². The fourth-order valence-corrected chi connectivity index (χ4v) is 2.24. The highest BCUT2D eigenvalue weighted by Gasteiger charge is 2.10. The van der Waals surface area contributed by atoms with Gasteiger partial charge in [-0.05, 0) is 54.6 Å². The number of carbonyl (C=O) groups is 2. The lowest BCUT2D eigenvalue weighted by molar-refractivity contribution is 0.0846. The van der Waals surface area contributed by atoms with Crippen molar-refractivity contribution in [3.05, 3.63) is 84.2 Å². The lowest BCUT2D eigenvalue weighted by Crippen LogP contribution is -2.41. The molecule has 3 aromatic rings. The average molecular weight is 363 g/mol. The van der Waals surface area contributed by atoms with Crippen molar-refractivity contribution < 1.29 is 19.1 Å². The molecule has 2 amide bonds. The highest BCUT2D eigenvalue weighted by molar-refractivity contribution is 5.99. The number of ether oxygens (including phenoxy) is 2. The van der Waals surface area contributed by atoms with Gasteiger partial charge >= 0.3 is 0 Å².